The third-order valence-corrected chi connectivity index (χ3v) is 4.68. The standard InChI is InChI=1S/C20H19NO5/c22-19(14-2-1-3-15(10-14)20(23)24)21-18(12-4-5-12)13-6-7-16-17(11-13)26-9-8-25-16/h1-3,6-7,10-12,18H,4-5,8-9H2,(H,21,22)(H,23,24). The minimum absolute atomic E-state index is 0.0972. The highest BCUT2D eigenvalue weighted by Crippen LogP contribution is 2.43. The Morgan fingerprint density at radius 3 is 2.46 bits per heavy atom. The zero-order valence-electron chi connectivity index (χ0n) is 14.1. The van der Waals surface area contributed by atoms with E-state index in [2.05, 4.69) is 5.32 Å². The molecule has 0 aromatic heterocycles. The van der Waals surface area contributed by atoms with Gasteiger partial charge in [-0.05, 0) is 54.7 Å². The number of carboxylic acid groups (broad SMARTS) is 1. The first kappa shape index (κ1) is 16.4. The van der Waals surface area contributed by atoms with E-state index in [0.717, 1.165) is 24.2 Å². The van der Waals surface area contributed by atoms with Crippen LogP contribution in [0.4, 0.5) is 0 Å². The number of amides is 1. The molecule has 2 aromatic carbocycles. The lowest BCUT2D eigenvalue weighted by molar-refractivity contribution is 0.0697. The number of fused-ring (bicyclic) bond motifs is 1. The van der Waals surface area contributed by atoms with Crippen molar-refractivity contribution in [2.75, 3.05) is 13.2 Å². The third kappa shape index (κ3) is 3.35. The van der Waals surface area contributed by atoms with E-state index < -0.39 is 5.97 Å². The highest BCUT2D eigenvalue weighted by molar-refractivity contribution is 5.97. The molecule has 0 saturated heterocycles. The molecule has 6 nitrogen and oxygen atoms in total. The Balaban J connectivity index is 1.57. The van der Waals surface area contributed by atoms with Crippen LogP contribution in [0.15, 0.2) is 42.5 Å². The quantitative estimate of drug-likeness (QED) is 0.863. The Morgan fingerprint density at radius 1 is 1.00 bits per heavy atom. The summed E-state index contributed by atoms with van der Waals surface area (Å²) in [6.45, 7) is 1.05. The minimum atomic E-state index is -1.05. The van der Waals surface area contributed by atoms with E-state index in [1.54, 1.807) is 12.1 Å². The molecule has 1 aliphatic carbocycles. The number of carbonyl (C=O) groups excluding carboxylic acids is 1. The van der Waals surface area contributed by atoms with Crippen molar-refractivity contribution in [3.8, 4) is 11.5 Å². The Morgan fingerprint density at radius 2 is 1.73 bits per heavy atom. The van der Waals surface area contributed by atoms with Gasteiger partial charge >= 0.3 is 5.97 Å². The van der Waals surface area contributed by atoms with Crippen LogP contribution in [-0.2, 0) is 0 Å². The fourth-order valence-corrected chi connectivity index (χ4v) is 3.17. The number of hydrogen-bond acceptors (Lipinski definition) is 4. The molecule has 0 radical (unpaired) electrons. The van der Waals surface area contributed by atoms with Gasteiger partial charge < -0.3 is 19.9 Å². The number of rotatable bonds is 5. The number of ether oxygens (including phenoxy) is 2. The normalized spacial score (nSPS) is 16.6. The van der Waals surface area contributed by atoms with Gasteiger partial charge in [0.25, 0.3) is 5.91 Å². The first-order chi connectivity index (χ1) is 12.6. The highest BCUT2D eigenvalue weighted by Gasteiger charge is 2.34. The minimum Gasteiger partial charge on any atom is -0.486 e. The maximum atomic E-state index is 12.7. The van der Waals surface area contributed by atoms with Gasteiger partial charge in [-0.15, -0.1) is 0 Å². The molecule has 1 aliphatic heterocycles. The maximum absolute atomic E-state index is 12.7. The smallest absolute Gasteiger partial charge is 0.335 e. The van der Waals surface area contributed by atoms with Crippen LogP contribution in [0, 0.1) is 5.92 Å². The van der Waals surface area contributed by atoms with Crippen LogP contribution in [0.3, 0.4) is 0 Å². The Kier molecular flexibility index (Phi) is 4.24. The lowest BCUT2D eigenvalue weighted by atomic mass is 10.0. The molecule has 1 amide bonds. The predicted octanol–water partition coefficient (Wildman–Crippen LogP) is 3.04. The monoisotopic (exact) mass is 353 g/mol. The lowest BCUT2D eigenvalue weighted by Crippen LogP contribution is -2.30. The van der Waals surface area contributed by atoms with Gasteiger partial charge in [-0.1, -0.05) is 12.1 Å². The van der Waals surface area contributed by atoms with Gasteiger partial charge in [-0.2, -0.15) is 0 Å². The molecule has 0 bridgehead atoms. The first-order valence-corrected chi connectivity index (χ1v) is 8.65. The number of benzene rings is 2. The second-order valence-corrected chi connectivity index (χ2v) is 6.58. The van der Waals surface area contributed by atoms with Crippen LogP contribution >= 0.6 is 0 Å². The summed E-state index contributed by atoms with van der Waals surface area (Å²) < 4.78 is 11.2. The summed E-state index contributed by atoms with van der Waals surface area (Å²) in [6, 6.07) is 11.7. The van der Waals surface area contributed by atoms with Crippen molar-refractivity contribution >= 4 is 11.9 Å². The van der Waals surface area contributed by atoms with E-state index in [9.17, 15) is 9.59 Å². The molecule has 134 valence electrons. The number of nitrogens with one attached hydrogen (secondary N) is 1. The van der Waals surface area contributed by atoms with Crippen molar-refractivity contribution in [3.05, 3.63) is 59.2 Å². The number of carboxylic acids is 1. The molecule has 1 atom stereocenters. The zero-order chi connectivity index (χ0) is 18.1. The molecular weight excluding hydrogens is 334 g/mol. The van der Waals surface area contributed by atoms with E-state index in [1.165, 1.54) is 12.1 Å². The largest absolute Gasteiger partial charge is 0.486 e. The fourth-order valence-electron chi connectivity index (χ4n) is 3.17. The SMILES string of the molecule is O=C(O)c1cccc(C(=O)NC(c2ccc3c(c2)OCCO3)C2CC2)c1. The van der Waals surface area contributed by atoms with E-state index in [0.29, 0.717) is 30.4 Å². The molecule has 2 N–H and O–H groups in total. The molecule has 0 spiro atoms. The van der Waals surface area contributed by atoms with Crippen LogP contribution in [0.5, 0.6) is 11.5 Å². The van der Waals surface area contributed by atoms with Crippen LogP contribution in [0.2, 0.25) is 0 Å². The van der Waals surface area contributed by atoms with Crippen LogP contribution in [0.1, 0.15) is 45.2 Å². The van der Waals surface area contributed by atoms with Crippen LogP contribution in [-0.4, -0.2) is 30.2 Å². The molecule has 1 heterocycles. The summed E-state index contributed by atoms with van der Waals surface area (Å²) in [5, 5.41) is 12.2. The fraction of sp³-hybridized carbons (Fsp3) is 0.300. The van der Waals surface area contributed by atoms with E-state index in [4.69, 9.17) is 14.6 Å². The Bertz CT molecular complexity index is 859. The maximum Gasteiger partial charge on any atom is 0.335 e. The van der Waals surface area contributed by atoms with Gasteiger partial charge in [0.05, 0.1) is 11.6 Å². The van der Waals surface area contributed by atoms with Gasteiger partial charge in [-0.25, -0.2) is 4.79 Å². The molecular formula is C20H19NO5. The second-order valence-electron chi connectivity index (χ2n) is 6.58. The van der Waals surface area contributed by atoms with Gasteiger partial charge in [0.15, 0.2) is 11.5 Å². The van der Waals surface area contributed by atoms with Crippen molar-refractivity contribution in [1.82, 2.24) is 5.32 Å². The summed E-state index contributed by atoms with van der Waals surface area (Å²) in [5.74, 6) is 0.464. The van der Waals surface area contributed by atoms with E-state index in [-0.39, 0.29) is 17.5 Å². The number of carbonyl (C=O) groups is 2. The van der Waals surface area contributed by atoms with Crippen molar-refractivity contribution < 1.29 is 24.2 Å². The molecule has 6 heteroatoms. The van der Waals surface area contributed by atoms with Crippen molar-refractivity contribution in [2.24, 2.45) is 5.92 Å². The molecule has 26 heavy (non-hydrogen) atoms. The first-order valence-electron chi connectivity index (χ1n) is 8.65. The van der Waals surface area contributed by atoms with Crippen molar-refractivity contribution in [2.45, 2.75) is 18.9 Å². The predicted molar refractivity (Wildman–Crippen MR) is 93.8 cm³/mol. The van der Waals surface area contributed by atoms with Crippen molar-refractivity contribution in [3.63, 3.8) is 0 Å². The van der Waals surface area contributed by atoms with E-state index >= 15 is 0 Å². The van der Waals surface area contributed by atoms with E-state index in [1.807, 2.05) is 18.2 Å². The lowest BCUT2D eigenvalue weighted by Gasteiger charge is -2.23. The summed E-state index contributed by atoms with van der Waals surface area (Å²) in [6.07, 6.45) is 2.10. The number of aromatic carboxylic acids is 1. The Labute approximate surface area is 150 Å². The highest BCUT2D eigenvalue weighted by atomic mass is 16.6. The zero-order valence-corrected chi connectivity index (χ0v) is 14.1. The number of hydrogen-bond donors (Lipinski definition) is 2. The molecule has 1 saturated carbocycles. The van der Waals surface area contributed by atoms with Crippen molar-refractivity contribution in [1.29, 1.82) is 0 Å². The third-order valence-electron chi connectivity index (χ3n) is 4.68. The average Bonchev–Trinajstić information content (AvgIpc) is 3.50. The summed E-state index contributed by atoms with van der Waals surface area (Å²) in [4.78, 5) is 23.8. The topological polar surface area (TPSA) is 84.9 Å². The second kappa shape index (κ2) is 6.71. The van der Waals surface area contributed by atoms with Gasteiger partial charge in [-0.3, -0.25) is 4.79 Å². The van der Waals surface area contributed by atoms with Gasteiger partial charge in [0.2, 0.25) is 0 Å². The van der Waals surface area contributed by atoms with Gasteiger partial charge in [0.1, 0.15) is 13.2 Å². The van der Waals surface area contributed by atoms with Gasteiger partial charge in [0, 0.05) is 5.56 Å². The summed E-state index contributed by atoms with van der Waals surface area (Å²) in [5.41, 5.74) is 1.41. The molecule has 1 fully saturated rings. The average molecular weight is 353 g/mol. The summed E-state index contributed by atoms with van der Waals surface area (Å²) in [7, 11) is 0. The Hall–Kier alpha value is -3.02. The summed E-state index contributed by atoms with van der Waals surface area (Å²) >= 11 is 0. The molecule has 2 aromatic rings. The van der Waals surface area contributed by atoms with Crippen LogP contribution < -0.4 is 14.8 Å². The molecule has 2 aliphatic rings. The molecule has 1 unspecified atom stereocenters. The van der Waals surface area contributed by atoms with Crippen LogP contribution in [0.25, 0.3) is 0 Å². The molecule has 4 rings (SSSR count).